The number of thiazole rings is 1. The average molecular weight is 638 g/mol. The fourth-order valence-corrected chi connectivity index (χ4v) is 7.36. The van der Waals surface area contributed by atoms with Gasteiger partial charge in [0.05, 0.1) is 30.6 Å². The summed E-state index contributed by atoms with van der Waals surface area (Å²) >= 11 is 3.76. The zero-order chi connectivity index (χ0) is 30.8. The molecule has 1 saturated heterocycles. The number of rotatable bonds is 7. The Labute approximate surface area is 264 Å². The maximum absolute atomic E-state index is 12.7. The van der Waals surface area contributed by atoms with Crippen LogP contribution in [0.25, 0.3) is 16.3 Å². The van der Waals surface area contributed by atoms with Gasteiger partial charge in [-0.25, -0.2) is 9.98 Å². The van der Waals surface area contributed by atoms with E-state index in [0.29, 0.717) is 36.1 Å². The number of thioether (sulfide) groups is 1. The molecule has 6 rings (SSSR count). The van der Waals surface area contributed by atoms with E-state index in [2.05, 4.69) is 20.6 Å². The van der Waals surface area contributed by atoms with E-state index in [1.165, 1.54) is 40.9 Å². The Morgan fingerprint density at radius 1 is 1.05 bits per heavy atom. The van der Waals surface area contributed by atoms with Crippen LogP contribution >= 0.6 is 34.9 Å². The highest BCUT2D eigenvalue weighted by Crippen LogP contribution is 2.40. The van der Waals surface area contributed by atoms with E-state index in [0.717, 1.165) is 27.0 Å². The van der Waals surface area contributed by atoms with Crippen molar-refractivity contribution in [2.24, 2.45) is 4.99 Å². The number of nitro benzene ring substituents is 1. The monoisotopic (exact) mass is 637 g/mol. The molecule has 0 bridgehead atoms. The summed E-state index contributed by atoms with van der Waals surface area (Å²) in [5, 5.41) is 18.1. The van der Waals surface area contributed by atoms with Gasteiger partial charge in [0.1, 0.15) is 0 Å². The molecule has 1 aliphatic rings. The number of aromatic nitrogens is 1. The number of hydrogen-bond donors (Lipinski definition) is 2. The smallest absolute Gasteiger partial charge is 0.283 e. The molecule has 4 aromatic carbocycles. The fraction of sp³-hybridized carbons (Fsp3) is 0.0625. The minimum absolute atomic E-state index is 0.0910. The Hall–Kier alpha value is -4.78. The molecule has 9 nitrogen and oxygen atoms in total. The number of carbonyl (C=O) groups is 2. The summed E-state index contributed by atoms with van der Waals surface area (Å²) in [7, 11) is 0. The molecule has 218 valence electrons. The molecule has 0 radical (unpaired) electrons. The van der Waals surface area contributed by atoms with Gasteiger partial charge in [-0.05, 0) is 85.3 Å². The maximum atomic E-state index is 12.7. The molecule has 1 aromatic heterocycles. The van der Waals surface area contributed by atoms with Gasteiger partial charge < -0.3 is 10.6 Å². The highest BCUT2D eigenvalue weighted by Gasteiger charge is 2.25. The van der Waals surface area contributed by atoms with Gasteiger partial charge in [0.2, 0.25) is 0 Å². The molecule has 5 aromatic rings. The first-order valence-corrected chi connectivity index (χ1v) is 15.8. The second kappa shape index (κ2) is 12.4. The van der Waals surface area contributed by atoms with Crippen molar-refractivity contribution in [2.75, 3.05) is 5.32 Å². The van der Waals surface area contributed by atoms with Crippen LogP contribution < -0.4 is 10.6 Å². The lowest BCUT2D eigenvalue weighted by atomic mass is 10.1. The molecule has 2 heterocycles. The molecule has 0 saturated carbocycles. The van der Waals surface area contributed by atoms with E-state index in [4.69, 9.17) is 0 Å². The van der Waals surface area contributed by atoms with Crippen molar-refractivity contribution in [3.8, 4) is 0 Å². The van der Waals surface area contributed by atoms with E-state index < -0.39 is 4.92 Å². The van der Waals surface area contributed by atoms with Gasteiger partial charge in [0.25, 0.3) is 17.5 Å². The predicted octanol–water partition coefficient (Wildman–Crippen LogP) is 8.12. The molecule has 0 spiro atoms. The Bertz CT molecular complexity index is 2020. The number of aryl methyl sites for hydroxylation is 2. The van der Waals surface area contributed by atoms with Crippen molar-refractivity contribution < 1.29 is 14.5 Å². The number of fused-ring (bicyclic) bond motifs is 1. The number of benzene rings is 4. The van der Waals surface area contributed by atoms with Gasteiger partial charge in [0, 0.05) is 17.3 Å². The molecule has 1 fully saturated rings. The van der Waals surface area contributed by atoms with Crippen LogP contribution in [0.1, 0.15) is 27.0 Å². The first-order valence-electron chi connectivity index (χ1n) is 13.3. The second-order valence-electron chi connectivity index (χ2n) is 9.83. The number of amides is 2. The molecular weight excluding hydrogens is 615 g/mol. The minimum Gasteiger partial charge on any atom is -0.322 e. The van der Waals surface area contributed by atoms with Crippen molar-refractivity contribution in [1.82, 2.24) is 10.3 Å². The molecule has 2 N–H and O–H groups in total. The minimum atomic E-state index is -0.441. The summed E-state index contributed by atoms with van der Waals surface area (Å²) in [5.41, 5.74) is 5.10. The third-order valence-electron chi connectivity index (χ3n) is 6.61. The van der Waals surface area contributed by atoms with Crippen LogP contribution in [-0.2, 0) is 4.79 Å². The van der Waals surface area contributed by atoms with Crippen molar-refractivity contribution in [3.63, 3.8) is 0 Å². The summed E-state index contributed by atoms with van der Waals surface area (Å²) < 4.78 is 1.46. The van der Waals surface area contributed by atoms with Crippen LogP contribution in [0.4, 0.5) is 17.1 Å². The number of hydrogen-bond acceptors (Lipinski definition) is 9. The summed E-state index contributed by atoms with van der Waals surface area (Å²) in [6.07, 6.45) is 1.61. The number of anilines is 1. The van der Waals surface area contributed by atoms with Crippen LogP contribution in [0.3, 0.4) is 0 Å². The van der Waals surface area contributed by atoms with Gasteiger partial charge >= 0.3 is 0 Å². The fourth-order valence-electron chi connectivity index (χ4n) is 4.37. The van der Waals surface area contributed by atoms with Crippen LogP contribution in [-0.4, -0.2) is 26.9 Å². The lowest BCUT2D eigenvalue weighted by Gasteiger charge is -2.07. The molecule has 44 heavy (non-hydrogen) atoms. The number of nitro groups is 1. The quantitative estimate of drug-likeness (QED) is 0.105. The highest BCUT2D eigenvalue weighted by molar-refractivity contribution is 8.18. The van der Waals surface area contributed by atoms with E-state index in [-0.39, 0.29) is 17.5 Å². The Balaban J connectivity index is 1.19. The van der Waals surface area contributed by atoms with Gasteiger partial charge in [-0.3, -0.25) is 19.7 Å². The topological polar surface area (TPSA) is 127 Å². The second-order valence-corrected chi connectivity index (χ2v) is 13.2. The molecule has 2 amide bonds. The van der Waals surface area contributed by atoms with Crippen molar-refractivity contribution in [3.05, 3.63) is 122 Å². The van der Waals surface area contributed by atoms with E-state index in [9.17, 15) is 19.7 Å². The molecular formula is C32H23N5O4S3. The van der Waals surface area contributed by atoms with Gasteiger partial charge in [-0.1, -0.05) is 53.7 Å². The average Bonchev–Trinajstić information content (AvgIpc) is 3.56. The summed E-state index contributed by atoms with van der Waals surface area (Å²) in [6, 6.07) is 25.3. The molecule has 1 aliphatic heterocycles. The third kappa shape index (κ3) is 6.57. The SMILES string of the molecule is Cc1ccc(N=C2NC(=O)/C(=C/c3ccc(Sc4nc5ccc(NC(=O)c6ccccc6C)cc5s4)c([N+](=O)[O-])c3)S2)cc1. The van der Waals surface area contributed by atoms with Gasteiger partial charge in [-0.15, -0.1) is 11.3 Å². The Morgan fingerprint density at radius 2 is 1.84 bits per heavy atom. The third-order valence-corrected chi connectivity index (χ3v) is 9.66. The molecule has 0 unspecified atom stereocenters. The number of amidine groups is 1. The highest BCUT2D eigenvalue weighted by atomic mass is 32.2. The van der Waals surface area contributed by atoms with Gasteiger partial charge in [0.15, 0.2) is 9.51 Å². The Morgan fingerprint density at radius 3 is 2.61 bits per heavy atom. The number of carbonyl (C=O) groups excluding carboxylic acids is 2. The van der Waals surface area contributed by atoms with Crippen LogP contribution in [0.15, 0.2) is 104 Å². The summed E-state index contributed by atoms with van der Waals surface area (Å²) in [4.78, 5) is 46.8. The van der Waals surface area contributed by atoms with Crippen LogP contribution in [0, 0.1) is 24.0 Å². The number of nitrogens with one attached hydrogen (secondary N) is 2. The standard InChI is InChI=1S/C32H23N5O4S3/c1-18-7-10-21(11-8-18)34-31-36-30(39)28(42-31)16-20-9-14-26(25(15-20)37(40)41)43-32-35-24-13-12-22(17-27(24)44-32)33-29(38)23-6-4-3-5-19(23)2/h3-17H,1-2H3,(H,33,38)(H,34,36,39)/b28-16-. The molecule has 0 atom stereocenters. The van der Waals surface area contributed by atoms with Crippen LogP contribution in [0.5, 0.6) is 0 Å². The number of aliphatic imine (C=N–C) groups is 1. The Kier molecular flexibility index (Phi) is 8.29. The van der Waals surface area contributed by atoms with Crippen molar-refractivity contribution >= 4 is 85.2 Å². The first-order chi connectivity index (χ1) is 21.2. The van der Waals surface area contributed by atoms with Crippen molar-refractivity contribution in [1.29, 1.82) is 0 Å². The lowest BCUT2D eigenvalue weighted by molar-refractivity contribution is -0.387. The molecule has 0 aliphatic carbocycles. The van der Waals surface area contributed by atoms with E-state index in [1.807, 2.05) is 68.4 Å². The summed E-state index contributed by atoms with van der Waals surface area (Å²) in [5.74, 6) is -0.513. The molecule has 12 heteroatoms. The van der Waals surface area contributed by atoms with E-state index in [1.54, 1.807) is 30.3 Å². The zero-order valence-corrected chi connectivity index (χ0v) is 25.8. The zero-order valence-electron chi connectivity index (χ0n) is 23.4. The summed E-state index contributed by atoms with van der Waals surface area (Å²) in [6.45, 7) is 3.87. The largest absolute Gasteiger partial charge is 0.322 e. The maximum Gasteiger partial charge on any atom is 0.283 e. The van der Waals surface area contributed by atoms with Crippen molar-refractivity contribution in [2.45, 2.75) is 23.1 Å². The normalized spacial score (nSPS) is 14.7. The van der Waals surface area contributed by atoms with E-state index >= 15 is 0 Å². The predicted molar refractivity (Wildman–Crippen MR) is 178 cm³/mol. The van der Waals surface area contributed by atoms with Crippen LogP contribution in [0.2, 0.25) is 0 Å². The van der Waals surface area contributed by atoms with Gasteiger partial charge in [-0.2, -0.15) is 0 Å². The number of nitrogens with zero attached hydrogens (tertiary/aromatic N) is 3. The lowest BCUT2D eigenvalue weighted by Crippen LogP contribution is -2.19. The first kappa shape index (κ1) is 29.3.